The molecular formula is C30H28N2O2. The molecule has 2 aliphatic rings. The maximum absolute atomic E-state index is 13.9. The molecule has 1 aromatic heterocycles. The van der Waals surface area contributed by atoms with Crippen LogP contribution in [0.4, 0.5) is 0 Å². The molecule has 0 saturated carbocycles. The lowest BCUT2D eigenvalue weighted by Crippen LogP contribution is -2.28. The van der Waals surface area contributed by atoms with Gasteiger partial charge in [0.2, 0.25) is 0 Å². The number of carbonyl (C=O) groups is 2. The fourth-order valence-corrected chi connectivity index (χ4v) is 4.65. The second-order valence-corrected chi connectivity index (χ2v) is 11.1. The molecule has 34 heavy (non-hydrogen) atoms. The van der Waals surface area contributed by atoms with Gasteiger partial charge in [-0.2, -0.15) is 0 Å². The predicted octanol–water partition coefficient (Wildman–Crippen LogP) is 6.77. The Morgan fingerprint density at radius 3 is 1.59 bits per heavy atom. The van der Waals surface area contributed by atoms with Gasteiger partial charge in [-0.3, -0.25) is 9.59 Å². The third kappa shape index (κ3) is 3.45. The van der Waals surface area contributed by atoms with Crippen LogP contribution in [0.3, 0.4) is 0 Å². The fraction of sp³-hybridized carbons (Fsp3) is 0.267. The van der Waals surface area contributed by atoms with Crippen LogP contribution in [0.1, 0.15) is 57.6 Å². The zero-order valence-electron chi connectivity index (χ0n) is 20.5. The summed E-state index contributed by atoms with van der Waals surface area (Å²) >= 11 is 0. The van der Waals surface area contributed by atoms with Crippen molar-refractivity contribution in [3.8, 4) is 11.3 Å². The average molecular weight is 449 g/mol. The van der Waals surface area contributed by atoms with Gasteiger partial charge in [0.15, 0.2) is 11.6 Å². The first kappa shape index (κ1) is 22.1. The van der Waals surface area contributed by atoms with Crippen LogP contribution < -0.4 is 0 Å². The number of ketones is 2. The summed E-state index contributed by atoms with van der Waals surface area (Å²) in [6.45, 7) is 12.2. The van der Waals surface area contributed by atoms with E-state index in [1.165, 1.54) is 0 Å². The number of aromatic nitrogens is 2. The number of nitrogens with zero attached hydrogens (tertiary/aromatic N) is 2. The third-order valence-corrected chi connectivity index (χ3v) is 6.45. The highest BCUT2D eigenvalue weighted by Crippen LogP contribution is 2.44. The molecule has 1 heterocycles. The second kappa shape index (κ2) is 7.42. The van der Waals surface area contributed by atoms with Crippen molar-refractivity contribution >= 4 is 28.2 Å². The van der Waals surface area contributed by atoms with Crippen molar-refractivity contribution in [2.24, 2.45) is 10.8 Å². The molecule has 0 bridgehead atoms. The van der Waals surface area contributed by atoms with Crippen molar-refractivity contribution in [2.45, 2.75) is 41.5 Å². The van der Waals surface area contributed by atoms with Gasteiger partial charge in [-0.15, -0.1) is 0 Å². The number of rotatable bonds is 0. The molecule has 0 spiro atoms. The van der Waals surface area contributed by atoms with E-state index in [0.717, 1.165) is 22.2 Å². The highest BCUT2D eigenvalue weighted by atomic mass is 16.1. The zero-order valence-corrected chi connectivity index (χ0v) is 20.5. The summed E-state index contributed by atoms with van der Waals surface area (Å²) in [5.74, 6) is -0.0520. The first-order valence-electron chi connectivity index (χ1n) is 11.6. The van der Waals surface area contributed by atoms with Crippen LogP contribution in [-0.4, -0.2) is 21.5 Å². The van der Waals surface area contributed by atoms with Gasteiger partial charge in [0, 0.05) is 22.3 Å². The van der Waals surface area contributed by atoms with Gasteiger partial charge in [-0.05, 0) is 40.7 Å². The number of allylic oxidation sites excluding steroid dienone is 6. The minimum atomic E-state index is -0.374. The highest BCUT2D eigenvalue weighted by Gasteiger charge is 2.37. The van der Waals surface area contributed by atoms with E-state index in [4.69, 9.17) is 9.97 Å². The summed E-state index contributed by atoms with van der Waals surface area (Å²) in [5.41, 5.74) is 6.06. The molecule has 4 nitrogen and oxygen atoms in total. The number of hydrogen-bond donors (Lipinski definition) is 0. The number of hydrogen-bond acceptors (Lipinski definition) is 4. The summed E-state index contributed by atoms with van der Waals surface area (Å²) in [5, 5.41) is 0. The zero-order chi connectivity index (χ0) is 24.4. The third-order valence-electron chi connectivity index (χ3n) is 6.45. The van der Waals surface area contributed by atoms with Gasteiger partial charge in [0.05, 0.1) is 22.3 Å². The van der Waals surface area contributed by atoms with Gasteiger partial charge in [-0.25, -0.2) is 9.97 Å². The maximum atomic E-state index is 13.9. The minimum absolute atomic E-state index is 0.0397. The highest BCUT2D eigenvalue weighted by molar-refractivity contribution is 6.35. The molecular weight excluding hydrogens is 420 g/mol. The first-order valence-corrected chi connectivity index (χ1v) is 11.6. The number of Topliss-reactive ketones (excluding diaryl/α,β-unsaturated/α-hetero) is 2. The lowest BCUT2D eigenvalue weighted by molar-refractivity contribution is -0.114. The molecule has 3 aromatic rings. The lowest BCUT2D eigenvalue weighted by Gasteiger charge is -2.32. The molecule has 5 rings (SSSR count). The second-order valence-electron chi connectivity index (χ2n) is 11.1. The normalized spacial score (nSPS) is 16.3. The van der Waals surface area contributed by atoms with Crippen molar-refractivity contribution < 1.29 is 9.59 Å². The van der Waals surface area contributed by atoms with E-state index in [1.807, 2.05) is 102 Å². The van der Waals surface area contributed by atoms with Crippen molar-refractivity contribution in [2.75, 3.05) is 0 Å². The van der Waals surface area contributed by atoms with Crippen LogP contribution in [0, 0.1) is 10.8 Å². The van der Waals surface area contributed by atoms with E-state index >= 15 is 0 Å². The van der Waals surface area contributed by atoms with Gasteiger partial charge in [0.25, 0.3) is 0 Å². The number of carbonyl (C=O) groups excluding carboxylic acids is 2. The summed E-state index contributed by atoms with van der Waals surface area (Å²) in [4.78, 5) is 37.3. The Morgan fingerprint density at radius 1 is 0.588 bits per heavy atom. The van der Waals surface area contributed by atoms with Gasteiger partial charge in [0.1, 0.15) is 5.69 Å². The molecule has 2 aliphatic carbocycles. The fourth-order valence-electron chi connectivity index (χ4n) is 4.65. The molecule has 0 unspecified atom stereocenters. The molecule has 0 radical (unpaired) electrons. The topological polar surface area (TPSA) is 59.9 Å². The van der Waals surface area contributed by atoms with Crippen LogP contribution in [0.25, 0.3) is 27.9 Å². The van der Waals surface area contributed by atoms with Crippen LogP contribution in [0.15, 0.2) is 77.4 Å². The molecule has 2 aromatic carbocycles. The van der Waals surface area contributed by atoms with E-state index < -0.39 is 0 Å². The quantitative estimate of drug-likeness (QED) is 0.356. The number of fused-ring (bicyclic) bond motifs is 4. The SMILES string of the molecule is CC(C)(C)C1=CC(=C2C(=O)c3ccccc3-c3nc4ccccc4nc32)C=C(C(C)(C)C)C1=O. The van der Waals surface area contributed by atoms with E-state index in [-0.39, 0.29) is 22.4 Å². The average Bonchev–Trinajstić information content (AvgIpc) is 2.77. The summed E-state index contributed by atoms with van der Waals surface area (Å²) in [6, 6.07) is 15.3. The Morgan fingerprint density at radius 2 is 1.06 bits per heavy atom. The molecule has 0 fully saturated rings. The molecule has 170 valence electrons. The monoisotopic (exact) mass is 448 g/mol. The van der Waals surface area contributed by atoms with Crippen molar-refractivity contribution in [3.05, 3.63) is 88.7 Å². The molecule has 0 saturated heterocycles. The van der Waals surface area contributed by atoms with Crippen LogP contribution in [0.5, 0.6) is 0 Å². The van der Waals surface area contributed by atoms with Crippen LogP contribution in [0.2, 0.25) is 0 Å². The Hall–Kier alpha value is -3.66. The largest absolute Gasteiger partial charge is 0.289 e. The van der Waals surface area contributed by atoms with Crippen LogP contribution in [-0.2, 0) is 4.79 Å². The smallest absolute Gasteiger partial charge is 0.196 e. The summed E-state index contributed by atoms with van der Waals surface area (Å²) in [7, 11) is 0. The predicted molar refractivity (Wildman–Crippen MR) is 136 cm³/mol. The van der Waals surface area contributed by atoms with Crippen molar-refractivity contribution in [1.82, 2.24) is 9.97 Å². The van der Waals surface area contributed by atoms with E-state index in [1.54, 1.807) is 0 Å². The Bertz CT molecular complexity index is 1450. The summed E-state index contributed by atoms with van der Waals surface area (Å²) < 4.78 is 0. The van der Waals surface area contributed by atoms with Gasteiger partial charge in [-0.1, -0.05) is 77.9 Å². The summed E-state index contributed by atoms with van der Waals surface area (Å²) in [6.07, 6.45) is 3.78. The Labute approximate surface area is 200 Å². The minimum Gasteiger partial charge on any atom is -0.289 e. The Balaban J connectivity index is 1.91. The van der Waals surface area contributed by atoms with Crippen LogP contribution >= 0.6 is 0 Å². The lowest BCUT2D eigenvalue weighted by atomic mass is 9.70. The molecule has 4 heteroatoms. The molecule has 0 aliphatic heterocycles. The Kier molecular flexibility index (Phi) is 4.84. The standard InChI is InChI=1S/C30H28N2O2/c1-29(2,3)20-15-17(16-21(28(20)34)30(4,5)6)24-26-25(18-11-7-8-12-19(18)27(24)33)31-22-13-9-10-14-23(22)32-26/h7-16H,1-6H3. The molecule has 0 N–H and O–H groups in total. The van der Waals surface area contributed by atoms with Gasteiger partial charge >= 0.3 is 0 Å². The van der Waals surface area contributed by atoms with Gasteiger partial charge < -0.3 is 0 Å². The van der Waals surface area contributed by atoms with E-state index in [0.29, 0.717) is 33.7 Å². The molecule has 0 amide bonds. The molecule has 0 atom stereocenters. The first-order chi connectivity index (χ1) is 16.0. The van der Waals surface area contributed by atoms with E-state index in [9.17, 15) is 9.59 Å². The number of para-hydroxylation sites is 2. The van der Waals surface area contributed by atoms with E-state index in [2.05, 4.69) is 0 Å². The maximum Gasteiger partial charge on any atom is 0.196 e. The van der Waals surface area contributed by atoms with Crippen molar-refractivity contribution in [3.63, 3.8) is 0 Å². The number of benzene rings is 2. The van der Waals surface area contributed by atoms with Crippen molar-refractivity contribution in [1.29, 1.82) is 0 Å².